The minimum atomic E-state index is -0.176. The average molecular weight is 248 g/mol. The topological polar surface area (TPSA) is 58.1 Å². The Bertz CT molecular complexity index is 510. The molecule has 2 aromatic rings. The maximum atomic E-state index is 11.9. The molecule has 2 aromatic heterocycles. The highest BCUT2D eigenvalue weighted by Crippen LogP contribution is 2.14. The van der Waals surface area contributed by atoms with Crippen LogP contribution in [0.25, 0.3) is 0 Å². The summed E-state index contributed by atoms with van der Waals surface area (Å²) in [4.78, 5) is 21.9. The third kappa shape index (κ3) is 2.79. The number of anilines is 2. The van der Waals surface area contributed by atoms with Crippen molar-refractivity contribution in [2.75, 3.05) is 24.3 Å². The van der Waals surface area contributed by atoms with E-state index in [4.69, 9.17) is 0 Å². The van der Waals surface area contributed by atoms with Gasteiger partial charge in [-0.15, -0.1) is 11.3 Å². The summed E-state index contributed by atoms with van der Waals surface area (Å²) in [5.41, 5.74) is 0.568. The molecule has 0 aliphatic carbocycles. The Hall–Kier alpha value is -1.95. The fraction of sp³-hybridized carbons (Fsp3) is 0.182. The summed E-state index contributed by atoms with van der Waals surface area (Å²) in [6.07, 6.45) is 3.27. The molecule has 0 saturated carbocycles. The summed E-state index contributed by atoms with van der Waals surface area (Å²) in [6.45, 7) is 0. The van der Waals surface area contributed by atoms with Gasteiger partial charge in [0.1, 0.15) is 5.82 Å². The Morgan fingerprint density at radius 2 is 2.18 bits per heavy atom. The van der Waals surface area contributed by atoms with Gasteiger partial charge in [0.05, 0.1) is 0 Å². The van der Waals surface area contributed by atoms with E-state index in [1.165, 1.54) is 11.3 Å². The first-order valence-electron chi connectivity index (χ1n) is 5.01. The van der Waals surface area contributed by atoms with Crippen molar-refractivity contribution < 1.29 is 4.79 Å². The molecule has 2 rings (SSSR count). The highest BCUT2D eigenvalue weighted by Gasteiger charge is 2.09. The summed E-state index contributed by atoms with van der Waals surface area (Å²) >= 11 is 1.39. The second-order valence-electron chi connectivity index (χ2n) is 3.59. The number of hydrogen-bond acceptors (Lipinski definition) is 5. The predicted octanol–water partition coefficient (Wildman–Crippen LogP) is 1.86. The molecule has 17 heavy (non-hydrogen) atoms. The van der Waals surface area contributed by atoms with E-state index in [1.807, 2.05) is 24.4 Å². The predicted molar refractivity (Wildman–Crippen MR) is 68.6 cm³/mol. The lowest BCUT2D eigenvalue weighted by molar-refractivity contribution is 0.102. The molecule has 0 atom stereocenters. The average Bonchev–Trinajstić information content (AvgIpc) is 2.82. The van der Waals surface area contributed by atoms with Crippen LogP contribution in [0.15, 0.2) is 29.9 Å². The van der Waals surface area contributed by atoms with Crippen LogP contribution in [0.2, 0.25) is 0 Å². The van der Waals surface area contributed by atoms with Crippen LogP contribution in [-0.4, -0.2) is 30.0 Å². The first kappa shape index (κ1) is 11.5. The van der Waals surface area contributed by atoms with E-state index in [1.54, 1.807) is 24.5 Å². The Morgan fingerprint density at radius 1 is 1.35 bits per heavy atom. The lowest BCUT2D eigenvalue weighted by Crippen LogP contribution is -2.15. The zero-order valence-electron chi connectivity index (χ0n) is 9.54. The van der Waals surface area contributed by atoms with Crippen molar-refractivity contribution in [2.45, 2.75) is 0 Å². The van der Waals surface area contributed by atoms with Crippen LogP contribution in [-0.2, 0) is 0 Å². The van der Waals surface area contributed by atoms with Gasteiger partial charge in [0.15, 0.2) is 5.13 Å². The number of thiazole rings is 1. The summed E-state index contributed by atoms with van der Waals surface area (Å²) in [5, 5.41) is 5.13. The minimum Gasteiger partial charge on any atom is -0.363 e. The number of carbonyl (C=O) groups excluding carboxylic acids is 1. The number of aromatic nitrogens is 2. The van der Waals surface area contributed by atoms with Gasteiger partial charge in [-0.2, -0.15) is 0 Å². The summed E-state index contributed by atoms with van der Waals surface area (Å²) in [6, 6.07) is 3.42. The van der Waals surface area contributed by atoms with Gasteiger partial charge in [-0.3, -0.25) is 10.1 Å². The molecule has 5 nitrogen and oxygen atoms in total. The number of pyridine rings is 1. The molecule has 0 saturated heterocycles. The number of nitrogens with one attached hydrogen (secondary N) is 1. The Morgan fingerprint density at radius 3 is 2.82 bits per heavy atom. The largest absolute Gasteiger partial charge is 0.363 e. The minimum absolute atomic E-state index is 0.176. The van der Waals surface area contributed by atoms with Crippen LogP contribution < -0.4 is 10.2 Å². The normalized spacial score (nSPS) is 10.0. The van der Waals surface area contributed by atoms with Crippen LogP contribution >= 0.6 is 11.3 Å². The van der Waals surface area contributed by atoms with E-state index in [9.17, 15) is 4.79 Å². The standard InChI is InChI=1S/C11H12N4OS/c1-15(2)9-7-8(3-4-12-9)10(16)14-11-13-5-6-17-11/h3-7H,1-2H3,(H,13,14,16). The molecule has 0 unspecified atom stereocenters. The van der Waals surface area contributed by atoms with Crippen molar-refractivity contribution in [3.8, 4) is 0 Å². The maximum absolute atomic E-state index is 11.9. The molecular formula is C11H12N4OS. The quantitative estimate of drug-likeness (QED) is 0.900. The zero-order chi connectivity index (χ0) is 12.3. The van der Waals surface area contributed by atoms with E-state index in [-0.39, 0.29) is 5.91 Å². The third-order valence-electron chi connectivity index (χ3n) is 2.12. The Kier molecular flexibility index (Phi) is 3.34. The molecular weight excluding hydrogens is 236 g/mol. The monoisotopic (exact) mass is 248 g/mol. The van der Waals surface area contributed by atoms with Crippen LogP contribution in [0.1, 0.15) is 10.4 Å². The molecule has 0 spiro atoms. The number of nitrogens with zero attached hydrogens (tertiary/aromatic N) is 3. The van der Waals surface area contributed by atoms with E-state index in [0.717, 1.165) is 5.82 Å². The van der Waals surface area contributed by atoms with Crippen molar-refractivity contribution in [1.82, 2.24) is 9.97 Å². The Labute approximate surface area is 103 Å². The van der Waals surface area contributed by atoms with Gasteiger partial charge in [0, 0.05) is 37.4 Å². The number of amides is 1. The van der Waals surface area contributed by atoms with Crippen LogP contribution in [0.4, 0.5) is 10.9 Å². The van der Waals surface area contributed by atoms with E-state index < -0.39 is 0 Å². The third-order valence-corrected chi connectivity index (χ3v) is 2.81. The van der Waals surface area contributed by atoms with Crippen molar-refractivity contribution in [2.24, 2.45) is 0 Å². The zero-order valence-corrected chi connectivity index (χ0v) is 10.4. The van der Waals surface area contributed by atoms with Gasteiger partial charge in [0.25, 0.3) is 5.91 Å². The fourth-order valence-corrected chi connectivity index (χ4v) is 1.78. The molecule has 0 aromatic carbocycles. The first-order valence-corrected chi connectivity index (χ1v) is 5.89. The lowest BCUT2D eigenvalue weighted by atomic mass is 10.2. The first-order chi connectivity index (χ1) is 8.16. The molecule has 1 amide bonds. The number of hydrogen-bond donors (Lipinski definition) is 1. The van der Waals surface area contributed by atoms with Gasteiger partial charge >= 0.3 is 0 Å². The molecule has 88 valence electrons. The Balaban J connectivity index is 2.16. The second-order valence-corrected chi connectivity index (χ2v) is 4.48. The van der Waals surface area contributed by atoms with Gasteiger partial charge in [-0.05, 0) is 12.1 Å². The fourth-order valence-electron chi connectivity index (χ4n) is 1.26. The number of carbonyl (C=O) groups is 1. The molecule has 0 aliphatic heterocycles. The summed E-state index contributed by atoms with van der Waals surface area (Å²) in [7, 11) is 3.76. The van der Waals surface area contributed by atoms with Gasteiger partial charge in [0.2, 0.25) is 0 Å². The van der Waals surface area contributed by atoms with Crippen molar-refractivity contribution >= 4 is 28.2 Å². The molecule has 1 N–H and O–H groups in total. The van der Waals surface area contributed by atoms with E-state index >= 15 is 0 Å². The lowest BCUT2D eigenvalue weighted by Gasteiger charge is -2.11. The maximum Gasteiger partial charge on any atom is 0.257 e. The summed E-state index contributed by atoms with van der Waals surface area (Å²) in [5.74, 6) is 0.572. The van der Waals surface area contributed by atoms with Gasteiger partial charge in [-0.25, -0.2) is 9.97 Å². The smallest absolute Gasteiger partial charge is 0.257 e. The van der Waals surface area contributed by atoms with Crippen LogP contribution in [0.5, 0.6) is 0 Å². The highest BCUT2D eigenvalue weighted by atomic mass is 32.1. The van der Waals surface area contributed by atoms with Gasteiger partial charge in [-0.1, -0.05) is 0 Å². The van der Waals surface area contributed by atoms with E-state index in [2.05, 4.69) is 15.3 Å². The van der Waals surface area contributed by atoms with Gasteiger partial charge < -0.3 is 4.90 Å². The SMILES string of the molecule is CN(C)c1cc(C(=O)Nc2nccs2)ccn1. The molecule has 0 aliphatic rings. The highest BCUT2D eigenvalue weighted by molar-refractivity contribution is 7.13. The molecule has 0 fully saturated rings. The molecule has 2 heterocycles. The number of rotatable bonds is 3. The van der Waals surface area contributed by atoms with E-state index in [0.29, 0.717) is 10.7 Å². The second kappa shape index (κ2) is 4.92. The molecule has 0 bridgehead atoms. The van der Waals surface area contributed by atoms with Crippen LogP contribution in [0, 0.1) is 0 Å². The van der Waals surface area contributed by atoms with Crippen LogP contribution in [0.3, 0.4) is 0 Å². The van der Waals surface area contributed by atoms with Crippen molar-refractivity contribution in [1.29, 1.82) is 0 Å². The van der Waals surface area contributed by atoms with Crippen molar-refractivity contribution in [3.05, 3.63) is 35.5 Å². The molecule has 6 heteroatoms. The summed E-state index contributed by atoms with van der Waals surface area (Å²) < 4.78 is 0. The molecule has 0 radical (unpaired) electrons. The van der Waals surface area contributed by atoms with Crippen molar-refractivity contribution in [3.63, 3.8) is 0 Å².